The summed E-state index contributed by atoms with van der Waals surface area (Å²) in [6.45, 7) is 8.36. The highest BCUT2D eigenvalue weighted by Crippen LogP contribution is 2.24. The fraction of sp³-hybridized carbons (Fsp3) is 0.500. The van der Waals surface area contributed by atoms with Crippen LogP contribution in [-0.2, 0) is 10.2 Å². The van der Waals surface area contributed by atoms with Crippen molar-refractivity contribution in [3.05, 3.63) is 24.0 Å². The van der Waals surface area contributed by atoms with Crippen molar-refractivity contribution >= 4 is 22.7 Å². The van der Waals surface area contributed by atoms with E-state index in [9.17, 15) is 4.79 Å². The van der Waals surface area contributed by atoms with Gasteiger partial charge >= 0.3 is 5.97 Å². The van der Waals surface area contributed by atoms with E-state index in [1.165, 1.54) is 0 Å². The van der Waals surface area contributed by atoms with Gasteiger partial charge in [-0.2, -0.15) is 0 Å². The first-order valence-electron chi connectivity index (χ1n) is 7.24. The van der Waals surface area contributed by atoms with Crippen LogP contribution in [0.25, 0.3) is 11.0 Å². The smallest absolute Gasteiger partial charge is 0.303 e. The zero-order chi connectivity index (χ0) is 15.6. The van der Waals surface area contributed by atoms with E-state index in [-0.39, 0.29) is 17.9 Å². The minimum atomic E-state index is -0.762. The number of carboxylic acid groups (broad SMARTS) is 1. The van der Waals surface area contributed by atoms with Gasteiger partial charge in [-0.25, -0.2) is 4.98 Å². The summed E-state index contributed by atoms with van der Waals surface area (Å²) < 4.78 is 0. The van der Waals surface area contributed by atoms with Gasteiger partial charge in [-0.15, -0.1) is 0 Å². The molecule has 0 bridgehead atoms. The van der Waals surface area contributed by atoms with Crippen molar-refractivity contribution in [3.63, 3.8) is 0 Å². The maximum absolute atomic E-state index is 10.6. The fourth-order valence-electron chi connectivity index (χ4n) is 2.15. The molecule has 0 radical (unpaired) electrons. The number of aromatic amines is 1. The Morgan fingerprint density at radius 3 is 2.76 bits per heavy atom. The van der Waals surface area contributed by atoms with Gasteiger partial charge in [0.1, 0.15) is 5.82 Å². The number of aliphatic carboxylic acids is 1. The van der Waals surface area contributed by atoms with Crippen LogP contribution in [0.3, 0.4) is 0 Å². The molecule has 1 atom stereocenters. The summed E-state index contributed by atoms with van der Waals surface area (Å²) in [4.78, 5) is 18.5. The molecule has 1 aromatic heterocycles. The van der Waals surface area contributed by atoms with E-state index in [2.05, 4.69) is 36.1 Å². The Morgan fingerprint density at radius 1 is 1.43 bits per heavy atom. The molecule has 0 aliphatic rings. The molecule has 0 amide bonds. The van der Waals surface area contributed by atoms with Crippen LogP contribution in [0.1, 0.15) is 46.4 Å². The average molecular weight is 289 g/mol. The summed E-state index contributed by atoms with van der Waals surface area (Å²) in [7, 11) is 0. The third-order valence-electron chi connectivity index (χ3n) is 3.40. The molecule has 5 heteroatoms. The van der Waals surface area contributed by atoms with Gasteiger partial charge < -0.3 is 15.4 Å². The Balaban J connectivity index is 2.13. The summed E-state index contributed by atoms with van der Waals surface area (Å²) in [5.41, 5.74) is 2.91. The number of nitrogens with one attached hydrogen (secondary N) is 2. The molecular formula is C16H23N3O2. The zero-order valence-corrected chi connectivity index (χ0v) is 13.0. The minimum Gasteiger partial charge on any atom is -0.481 e. The molecule has 0 saturated carbocycles. The number of aromatic nitrogens is 2. The molecular weight excluding hydrogens is 266 g/mol. The van der Waals surface area contributed by atoms with Crippen LogP contribution in [0.5, 0.6) is 0 Å². The summed E-state index contributed by atoms with van der Waals surface area (Å²) >= 11 is 0. The molecule has 5 nitrogen and oxygen atoms in total. The number of anilines is 1. The first-order valence-corrected chi connectivity index (χ1v) is 7.24. The van der Waals surface area contributed by atoms with E-state index in [1.807, 2.05) is 25.1 Å². The standard InChI is InChI=1S/C16H23N3O2/c1-10(5-8-14(20)21)17-11-6-7-12-13(9-11)19-15(18-12)16(2,3)4/h6-7,9-10,17H,5,8H2,1-4H3,(H,18,19)(H,20,21). The first kappa shape index (κ1) is 15.4. The number of hydrogen-bond donors (Lipinski definition) is 3. The normalized spacial score (nSPS) is 13.3. The number of hydrogen-bond acceptors (Lipinski definition) is 3. The summed E-state index contributed by atoms with van der Waals surface area (Å²) in [6, 6.07) is 6.10. The predicted octanol–water partition coefficient (Wildman–Crippen LogP) is 3.53. The second-order valence-corrected chi connectivity index (χ2v) is 6.55. The Bertz CT molecular complexity index is 640. The number of nitrogens with zero attached hydrogens (tertiary/aromatic N) is 1. The van der Waals surface area contributed by atoms with Crippen molar-refractivity contribution in [2.45, 2.75) is 52.0 Å². The maximum atomic E-state index is 10.6. The molecule has 0 fully saturated rings. The Hall–Kier alpha value is -2.04. The van der Waals surface area contributed by atoms with E-state index >= 15 is 0 Å². The van der Waals surface area contributed by atoms with Gasteiger partial charge in [0.2, 0.25) is 0 Å². The SMILES string of the molecule is CC(CCC(=O)O)Nc1ccc2nc(C(C)(C)C)[nH]c2c1. The first-order chi connectivity index (χ1) is 9.75. The lowest BCUT2D eigenvalue weighted by Crippen LogP contribution is -2.16. The van der Waals surface area contributed by atoms with Gasteiger partial charge in [0, 0.05) is 23.6 Å². The molecule has 1 heterocycles. The molecule has 0 saturated heterocycles. The summed E-state index contributed by atoms with van der Waals surface area (Å²) in [5.74, 6) is 0.205. The number of benzene rings is 1. The highest BCUT2D eigenvalue weighted by molar-refractivity contribution is 5.79. The van der Waals surface area contributed by atoms with Crippen molar-refractivity contribution in [3.8, 4) is 0 Å². The highest BCUT2D eigenvalue weighted by atomic mass is 16.4. The lowest BCUT2D eigenvalue weighted by Gasteiger charge is -2.14. The third kappa shape index (κ3) is 3.97. The van der Waals surface area contributed by atoms with Crippen LogP contribution >= 0.6 is 0 Å². The average Bonchev–Trinajstić information content (AvgIpc) is 2.79. The molecule has 2 rings (SSSR count). The predicted molar refractivity (Wildman–Crippen MR) is 84.7 cm³/mol. The topological polar surface area (TPSA) is 78.0 Å². The number of carbonyl (C=O) groups is 1. The number of H-pyrrole nitrogens is 1. The van der Waals surface area contributed by atoms with Crippen molar-refractivity contribution in [2.24, 2.45) is 0 Å². The van der Waals surface area contributed by atoms with Gasteiger partial charge in [-0.1, -0.05) is 20.8 Å². The van der Waals surface area contributed by atoms with Crippen LogP contribution in [0.2, 0.25) is 0 Å². The number of carboxylic acids is 1. The third-order valence-corrected chi connectivity index (χ3v) is 3.40. The molecule has 1 unspecified atom stereocenters. The molecule has 0 aliphatic heterocycles. The molecule has 3 N–H and O–H groups in total. The van der Waals surface area contributed by atoms with E-state index < -0.39 is 5.97 Å². The number of rotatable bonds is 5. The van der Waals surface area contributed by atoms with Gasteiger partial charge in [0.05, 0.1) is 11.0 Å². The minimum absolute atomic E-state index is 0.0125. The molecule has 2 aromatic rings. The molecule has 0 spiro atoms. The van der Waals surface area contributed by atoms with Gasteiger partial charge in [-0.05, 0) is 31.5 Å². The monoisotopic (exact) mass is 289 g/mol. The summed E-state index contributed by atoms with van der Waals surface area (Å²) in [6.07, 6.45) is 0.776. The Kier molecular flexibility index (Phi) is 4.21. The van der Waals surface area contributed by atoms with Crippen LogP contribution in [0.4, 0.5) is 5.69 Å². The van der Waals surface area contributed by atoms with Gasteiger partial charge in [0.25, 0.3) is 0 Å². The van der Waals surface area contributed by atoms with Crippen molar-refractivity contribution in [1.29, 1.82) is 0 Å². The van der Waals surface area contributed by atoms with Crippen molar-refractivity contribution in [1.82, 2.24) is 9.97 Å². The Labute approximate surface area is 124 Å². The van der Waals surface area contributed by atoms with E-state index in [0.717, 1.165) is 22.5 Å². The van der Waals surface area contributed by atoms with E-state index in [0.29, 0.717) is 6.42 Å². The lowest BCUT2D eigenvalue weighted by molar-refractivity contribution is -0.137. The molecule has 1 aromatic carbocycles. The second kappa shape index (κ2) is 5.76. The van der Waals surface area contributed by atoms with Gasteiger partial charge in [0.15, 0.2) is 0 Å². The molecule has 0 aliphatic carbocycles. The van der Waals surface area contributed by atoms with Crippen LogP contribution in [0.15, 0.2) is 18.2 Å². The largest absolute Gasteiger partial charge is 0.481 e. The van der Waals surface area contributed by atoms with Crippen molar-refractivity contribution < 1.29 is 9.90 Å². The molecule has 21 heavy (non-hydrogen) atoms. The van der Waals surface area contributed by atoms with Crippen LogP contribution in [-0.4, -0.2) is 27.1 Å². The maximum Gasteiger partial charge on any atom is 0.303 e. The number of imidazole rings is 1. The fourth-order valence-corrected chi connectivity index (χ4v) is 2.15. The van der Waals surface area contributed by atoms with E-state index in [4.69, 9.17) is 5.11 Å². The summed E-state index contributed by atoms with van der Waals surface area (Å²) in [5, 5.41) is 12.0. The zero-order valence-electron chi connectivity index (χ0n) is 13.0. The number of fused-ring (bicyclic) bond motifs is 1. The molecule has 114 valence electrons. The van der Waals surface area contributed by atoms with Gasteiger partial charge in [-0.3, -0.25) is 4.79 Å². The quantitative estimate of drug-likeness (QED) is 0.787. The Morgan fingerprint density at radius 2 is 2.14 bits per heavy atom. The lowest BCUT2D eigenvalue weighted by atomic mass is 9.96. The highest BCUT2D eigenvalue weighted by Gasteiger charge is 2.18. The second-order valence-electron chi connectivity index (χ2n) is 6.55. The van der Waals surface area contributed by atoms with Crippen LogP contribution < -0.4 is 5.32 Å². The van der Waals surface area contributed by atoms with Crippen LogP contribution in [0, 0.1) is 0 Å². The van der Waals surface area contributed by atoms with E-state index in [1.54, 1.807) is 0 Å². The van der Waals surface area contributed by atoms with Crippen molar-refractivity contribution in [2.75, 3.05) is 5.32 Å².